The fourth-order valence-electron chi connectivity index (χ4n) is 2.59. The van der Waals surface area contributed by atoms with E-state index in [2.05, 4.69) is 11.4 Å². The molecule has 1 heterocycles. The average Bonchev–Trinajstić information content (AvgIpc) is 2.76. The van der Waals surface area contributed by atoms with Crippen LogP contribution in [0.25, 0.3) is 0 Å². The number of hydrogen-bond donors (Lipinski definition) is 1. The van der Waals surface area contributed by atoms with E-state index in [9.17, 15) is 9.59 Å². The molecule has 2 aliphatic rings. The number of rotatable bonds is 5. The molecule has 2 rings (SSSR count). The Morgan fingerprint density at radius 2 is 2.17 bits per heavy atom. The maximum Gasteiger partial charge on any atom is 0.239 e. The molecular formula is C14H22N2O2. The van der Waals surface area contributed by atoms with E-state index in [1.807, 2.05) is 0 Å². The monoisotopic (exact) mass is 250 g/mol. The molecule has 18 heavy (non-hydrogen) atoms. The Hall–Kier alpha value is -1.32. The minimum absolute atomic E-state index is 0.0262. The Kier molecular flexibility index (Phi) is 4.79. The van der Waals surface area contributed by atoms with Gasteiger partial charge in [-0.15, -0.1) is 0 Å². The van der Waals surface area contributed by atoms with Crippen LogP contribution in [0.1, 0.15) is 44.9 Å². The summed E-state index contributed by atoms with van der Waals surface area (Å²) in [5, 5.41) is 2.90. The molecule has 0 aromatic heterocycles. The number of allylic oxidation sites excluding steroid dienone is 1. The molecule has 0 bridgehead atoms. The van der Waals surface area contributed by atoms with Gasteiger partial charge in [0.2, 0.25) is 11.8 Å². The van der Waals surface area contributed by atoms with Crippen molar-refractivity contribution in [2.45, 2.75) is 44.9 Å². The fraction of sp³-hybridized carbons (Fsp3) is 0.714. The zero-order valence-corrected chi connectivity index (χ0v) is 10.9. The minimum atomic E-state index is -0.0262. The zero-order chi connectivity index (χ0) is 12.8. The van der Waals surface area contributed by atoms with E-state index in [0.717, 1.165) is 19.4 Å². The Morgan fingerprint density at radius 3 is 2.83 bits per heavy atom. The lowest BCUT2D eigenvalue weighted by molar-refractivity contribution is -0.133. The van der Waals surface area contributed by atoms with E-state index in [1.54, 1.807) is 4.90 Å². The van der Waals surface area contributed by atoms with Gasteiger partial charge in [0.15, 0.2) is 0 Å². The third kappa shape index (κ3) is 3.86. The summed E-state index contributed by atoms with van der Waals surface area (Å²) in [6.45, 7) is 1.67. The number of nitrogens with one attached hydrogen (secondary N) is 1. The lowest BCUT2D eigenvalue weighted by Gasteiger charge is -2.16. The average molecular weight is 250 g/mol. The summed E-state index contributed by atoms with van der Waals surface area (Å²) in [4.78, 5) is 24.7. The first kappa shape index (κ1) is 13.1. The summed E-state index contributed by atoms with van der Waals surface area (Å²) < 4.78 is 0. The van der Waals surface area contributed by atoms with E-state index >= 15 is 0 Å². The van der Waals surface area contributed by atoms with Crippen molar-refractivity contribution in [3.8, 4) is 0 Å². The topological polar surface area (TPSA) is 49.4 Å². The van der Waals surface area contributed by atoms with Gasteiger partial charge in [-0.3, -0.25) is 9.59 Å². The molecule has 1 aliphatic carbocycles. The summed E-state index contributed by atoms with van der Waals surface area (Å²) in [5.41, 5.74) is 1.47. The SMILES string of the molecule is O=C(CN1CCCC1=O)NCCC1=CCCCC1. The second-order valence-electron chi connectivity index (χ2n) is 5.13. The lowest BCUT2D eigenvalue weighted by atomic mass is 9.97. The van der Waals surface area contributed by atoms with Crippen molar-refractivity contribution in [2.75, 3.05) is 19.6 Å². The molecule has 2 amide bonds. The first-order chi connectivity index (χ1) is 8.75. The quantitative estimate of drug-likeness (QED) is 0.754. The molecule has 0 atom stereocenters. The van der Waals surface area contributed by atoms with E-state index in [4.69, 9.17) is 0 Å². The van der Waals surface area contributed by atoms with Gasteiger partial charge in [-0.2, -0.15) is 0 Å². The van der Waals surface area contributed by atoms with Crippen LogP contribution >= 0.6 is 0 Å². The van der Waals surface area contributed by atoms with Crippen LogP contribution in [-0.4, -0.2) is 36.3 Å². The van der Waals surface area contributed by atoms with Gasteiger partial charge in [-0.05, 0) is 38.5 Å². The summed E-state index contributed by atoms with van der Waals surface area (Å²) >= 11 is 0. The van der Waals surface area contributed by atoms with Crippen LogP contribution in [0.5, 0.6) is 0 Å². The van der Waals surface area contributed by atoms with Gasteiger partial charge in [0.25, 0.3) is 0 Å². The largest absolute Gasteiger partial charge is 0.354 e. The number of likely N-dealkylation sites (tertiary alicyclic amines) is 1. The molecule has 1 N–H and O–H groups in total. The van der Waals surface area contributed by atoms with Crippen molar-refractivity contribution in [2.24, 2.45) is 0 Å². The normalized spacial score (nSPS) is 19.9. The zero-order valence-electron chi connectivity index (χ0n) is 10.9. The molecular weight excluding hydrogens is 228 g/mol. The van der Waals surface area contributed by atoms with Gasteiger partial charge in [0, 0.05) is 19.5 Å². The van der Waals surface area contributed by atoms with Crippen molar-refractivity contribution in [3.63, 3.8) is 0 Å². The van der Waals surface area contributed by atoms with Crippen molar-refractivity contribution in [1.29, 1.82) is 0 Å². The highest BCUT2D eigenvalue weighted by molar-refractivity contribution is 5.85. The highest BCUT2D eigenvalue weighted by Crippen LogP contribution is 2.19. The Morgan fingerprint density at radius 1 is 1.28 bits per heavy atom. The molecule has 0 aromatic rings. The predicted molar refractivity (Wildman–Crippen MR) is 70.0 cm³/mol. The van der Waals surface area contributed by atoms with Crippen LogP contribution in [0.2, 0.25) is 0 Å². The number of carbonyl (C=O) groups excluding carboxylic acids is 2. The Bertz CT molecular complexity index is 350. The highest BCUT2D eigenvalue weighted by atomic mass is 16.2. The third-order valence-corrected chi connectivity index (χ3v) is 3.66. The predicted octanol–water partition coefficient (Wildman–Crippen LogP) is 1.62. The third-order valence-electron chi connectivity index (χ3n) is 3.66. The maximum absolute atomic E-state index is 11.7. The standard InChI is InChI=1S/C14H22N2O2/c17-13(11-16-10-4-7-14(16)18)15-9-8-12-5-2-1-3-6-12/h5H,1-4,6-11H2,(H,15,17). The van der Waals surface area contributed by atoms with Gasteiger partial charge < -0.3 is 10.2 Å². The number of nitrogens with zero attached hydrogens (tertiary/aromatic N) is 1. The lowest BCUT2D eigenvalue weighted by Crippen LogP contribution is -2.38. The second-order valence-corrected chi connectivity index (χ2v) is 5.13. The first-order valence-electron chi connectivity index (χ1n) is 6.98. The Balaban J connectivity index is 1.62. The summed E-state index contributed by atoms with van der Waals surface area (Å²) in [7, 11) is 0. The van der Waals surface area contributed by atoms with Crippen LogP contribution in [0.4, 0.5) is 0 Å². The molecule has 1 aliphatic heterocycles. The second kappa shape index (κ2) is 6.57. The highest BCUT2D eigenvalue weighted by Gasteiger charge is 2.21. The number of carbonyl (C=O) groups is 2. The summed E-state index contributed by atoms with van der Waals surface area (Å²) in [5.74, 6) is 0.0850. The minimum Gasteiger partial charge on any atom is -0.354 e. The molecule has 1 fully saturated rings. The number of hydrogen-bond acceptors (Lipinski definition) is 2. The van der Waals surface area contributed by atoms with E-state index in [1.165, 1.54) is 31.3 Å². The molecule has 0 unspecified atom stereocenters. The van der Waals surface area contributed by atoms with Crippen molar-refractivity contribution >= 4 is 11.8 Å². The molecule has 0 spiro atoms. The molecule has 1 saturated heterocycles. The van der Waals surface area contributed by atoms with Crippen molar-refractivity contribution < 1.29 is 9.59 Å². The number of amides is 2. The molecule has 0 radical (unpaired) electrons. The van der Waals surface area contributed by atoms with E-state index in [-0.39, 0.29) is 18.4 Å². The van der Waals surface area contributed by atoms with Crippen LogP contribution in [-0.2, 0) is 9.59 Å². The van der Waals surface area contributed by atoms with Gasteiger partial charge in [0.1, 0.15) is 0 Å². The van der Waals surface area contributed by atoms with Crippen LogP contribution in [0, 0.1) is 0 Å². The van der Waals surface area contributed by atoms with Crippen molar-refractivity contribution in [1.82, 2.24) is 10.2 Å². The van der Waals surface area contributed by atoms with Gasteiger partial charge in [-0.1, -0.05) is 11.6 Å². The molecule has 0 aromatic carbocycles. The first-order valence-corrected chi connectivity index (χ1v) is 6.98. The summed E-state index contributed by atoms with van der Waals surface area (Å²) in [6, 6.07) is 0. The molecule has 4 nitrogen and oxygen atoms in total. The molecule has 0 saturated carbocycles. The molecule has 4 heteroatoms. The van der Waals surface area contributed by atoms with Crippen molar-refractivity contribution in [3.05, 3.63) is 11.6 Å². The van der Waals surface area contributed by atoms with Gasteiger partial charge in [0.05, 0.1) is 6.54 Å². The van der Waals surface area contributed by atoms with E-state index in [0.29, 0.717) is 13.0 Å². The van der Waals surface area contributed by atoms with Crippen LogP contribution in [0.15, 0.2) is 11.6 Å². The molecule has 100 valence electrons. The smallest absolute Gasteiger partial charge is 0.239 e. The van der Waals surface area contributed by atoms with Crippen LogP contribution in [0.3, 0.4) is 0 Å². The fourth-order valence-corrected chi connectivity index (χ4v) is 2.59. The van der Waals surface area contributed by atoms with Gasteiger partial charge in [-0.25, -0.2) is 0 Å². The van der Waals surface area contributed by atoms with Crippen LogP contribution < -0.4 is 5.32 Å². The summed E-state index contributed by atoms with van der Waals surface area (Å²) in [6.07, 6.45) is 9.69. The van der Waals surface area contributed by atoms with Gasteiger partial charge >= 0.3 is 0 Å². The van der Waals surface area contributed by atoms with E-state index < -0.39 is 0 Å². The Labute approximate surface area is 108 Å². The maximum atomic E-state index is 11.7.